The minimum Gasteiger partial charge on any atom is -0.492 e. The van der Waals surface area contributed by atoms with E-state index in [-0.39, 0.29) is 27.1 Å². The highest BCUT2D eigenvalue weighted by atomic mass is 35.5. The summed E-state index contributed by atoms with van der Waals surface area (Å²) in [5.74, 6) is 0.381. The van der Waals surface area contributed by atoms with Crippen molar-refractivity contribution in [2.75, 3.05) is 17.9 Å². The molecule has 6 nitrogen and oxygen atoms in total. The average Bonchev–Trinajstić information content (AvgIpc) is 2.70. The smallest absolute Gasteiger partial charge is 0.261 e. The first-order valence-corrected chi connectivity index (χ1v) is 11.9. The first-order chi connectivity index (χ1) is 15.1. The molecule has 0 fully saturated rings. The molecule has 0 bridgehead atoms. The van der Waals surface area contributed by atoms with Gasteiger partial charge in [-0.05, 0) is 74.4 Å². The van der Waals surface area contributed by atoms with Gasteiger partial charge in [-0.25, -0.2) is 8.42 Å². The number of anilines is 1. The van der Waals surface area contributed by atoms with Crippen molar-refractivity contribution in [3.63, 3.8) is 0 Å². The maximum Gasteiger partial charge on any atom is 0.261 e. The van der Waals surface area contributed by atoms with Crippen LogP contribution in [0.2, 0.25) is 5.02 Å². The van der Waals surface area contributed by atoms with E-state index in [9.17, 15) is 13.2 Å². The van der Waals surface area contributed by atoms with Crippen LogP contribution < -0.4 is 14.8 Å². The zero-order valence-electron chi connectivity index (χ0n) is 18.1. The lowest BCUT2D eigenvalue weighted by atomic mass is 10.1. The summed E-state index contributed by atoms with van der Waals surface area (Å²) in [6.45, 7) is 6.47. The van der Waals surface area contributed by atoms with E-state index in [2.05, 4.69) is 16.1 Å². The van der Waals surface area contributed by atoms with E-state index in [1.807, 2.05) is 32.9 Å². The standard InChI is InChI=1S/C24H25ClN2O4S/c1-16-4-7-21(8-5-16)32(29,30)27-19-6-9-22(23(25)15-19)24(28)26-10-11-31-20-13-17(2)12-18(3)14-20/h4-9,12-15,27H,10-11H2,1-3H3,(H,26,28). The van der Waals surface area contributed by atoms with Crippen molar-refractivity contribution in [1.29, 1.82) is 0 Å². The maximum atomic E-state index is 12.5. The second-order valence-corrected chi connectivity index (χ2v) is 9.63. The van der Waals surface area contributed by atoms with Gasteiger partial charge in [0, 0.05) is 0 Å². The third-order valence-electron chi connectivity index (χ3n) is 4.65. The largest absolute Gasteiger partial charge is 0.492 e. The quantitative estimate of drug-likeness (QED) is 0.458. The summed E-state index contributed by atoms with van der Waals surface area (Å²) >= 11 is 6.24. The van der Waals surface area contributed by atoms with Crippen LogP contribution in [0.1, 0.15) is 27.0 Å². The first kappa shape index (κ1) is 23.6. The van der Waals surface area contributed by atoms with Gasteiger partial charge in [0.25, 0.3) is 15.9 Å². The molecule has 0 atom stereocenters. The van der Waals surface area contributed by atoms with Crippen LogP contribution in [0.25, 0.3) is 0 Å². The molecule has 8 heteroatoms. The van der Waals surface area contributed by atoms with Crippen molar-refractivity contribution in [2.24, 2.45) is 0 Å². The number of amides is 1. The third-order valence-corrected chi connectivity index (χ3v) is 6.36. The number of halogens is 1. The van der Waals surface area contributed by atoms with Crippen molar-refractivity contribution in [3.05, 3.63) is 87.9 Å². The molecule has 0 spiro atoms. The number of rotatable bonds is 8. The molecule has 1 amide bonds. The monoisotopic (exact) mass is 472 g/mol. The average molecular weight is 473 g/mol. The van der Waals surface area contributed by atoms with E-state index < -0.39 is 10.0 Å². The number of nitrogens with one attached hydrogen (secondary N) is 2. The topological polar surface area (TPSA) is 84.5 Å². The van der Waals surface area contributed by atoms with Crippen LogP contribution in [-0.4, -0.2) is 27.5 Å². The molecule has 0 saturated carbocycles. The highest BCUT2D eigenvalue weighted by Gasteiger charge is 2.16. The Hall–Kier alpha value is -3.03. The molecule has 168 valence electrons. The van der Waals surface area contributed by atoms with Crippen molar-refractivity contribution in [2.45, 2.75) is 25.7 Å². The summed E-state index contributed by atoms with van der Waals surface area (Å²) in [7, 11) is -3.76. The molecule has 0 heterocycles. The molecule has 0 aliphatic rings. The first-order valence-electron chi connectivity index (χ1n) is 10.0. The lowest BCUT2D eigenvalue weighted by Crippen LogP contribution is -2.28. The number of hydrogen-bond acceptors (Lipinski definition) is 4. The molecule has 32 heavy (non-hydrogen) atoms. The van der Waals surface area contributed by atoms with Gasteiger partial charge in [0.2, 0.25) is 0 Å². The maximum absolute atomic E-state index is 12.5. The van der Waals surface area contributed by atoms with Gasteiger partial charge in [-0.1, -0.05) is 35.4 Å². The Balaban J connectivity index is 1.58. The lowest BCUT2D eigenvalue weighted by molar-refractivity contribution is 0.0947. The van der Waals surface area contributed by atoms with Gasteiger partial charge >= 0.3 is 0 Å². The Morgan fingerprint density at radius 1 is 0.906 bits per heavy atom. The fourth-order valence-electron chi connectivity index (χ4n) is 3.14. The van der Waals surface area contributed by atoms with Crippen molar-refractivity contribution < 1.29 is 17.9 Å². The Morgan fingerprint density at radius 2 is 1.56 bits per heavy atom. The van der Waals surface area contributed by atoms with Crippen LogP contribution in [0.15, 0.2) is 65.6 Å². The van der Waals surface area contributed by atoms with Crippen LogP contribution in [0.5, 0.6) is 5.75 Å². The van der Waals surface area contributed by atoms with Crippen LogP contribution >= 0.6 is 11.6 Å². The Morgan fingerprint density at radius 3 is 2.19 bits per heavy atom. The molecule has 0 aliphatic heterocycles. The molecule has 0 unspecified atom stereocenters. The van der Waals surface area contributed by atoms with Crippen molar-refractivity contribution >= 4 is 33.2 Å². The zero-order valence-corrected chi connectivity index (χ0v) is 19.7. The summed E-state index contributed by atoms with van der Waals surface area (Å²) in [5.41, 5.74) is 3.69. The molecular formula is C24H25ClN2O4S. The summed E-state index contributed by atoms with van der Waals surface area (Å²) in [6, 6.07) is 16.8. The predicted molar refractivity (Wildman–Crippen MR) is 127 cm³/mol. The van der Waals surface area contributed by atoms with Crippen LogP contribution in [0.4, 0.5) is 5.69 Å². The fourth-order valence-corrected chi connectivity index (χ4v) is 4.46. The van der Waals surface area contributed by atoms with Crippen molar-refractivity contribution in [1.82, 2.24) is 5.32 Å². The fraction of sp³-hybridized carbons (Fsp3) is 0.208. The molecule has 0 aliphatic carbocycles. The van der Waals surface area contributed by atoms with Gasteiger partial charge in [0.15, 0.2) is 0 Å². The van der Waals surface area contributed by atoms with E-state index in [0.29, 0.717) is 13.2 Å². The Labute approximate surface area is 193 Å². The lowest BCUT2D eigenvalue weighted by Gasteiger charge is -2.12. The molecular weight excluding hydrogens is 448 g/mol. The molecule has 0 saturated heterocycles. The number of carbonyl (C=O) groups excluding carboxylic acids is 1. The van der Waals surface area contributed by atoms with Crippen LogP contribution in [0.3, 0.4) is 0 Å². The highest BCUT2D eigenvalue weighted by Crippen LogP contribution is 2.23. The molecule has 3 aromatic carbocycles. The van der Waals surface area contributed by atoms with Gasteiger partial charge in [0.1, 0.15) is 12.4 Å². The number of aryl methyl sites for hydroxylation is 3. The summed E-state index contributed by atoms with van der Waals surface area (Å²) in [6.07, 6.45) is 0. The highest BCUT2D eigenvalue weighted by molar-refractivity contribution is 7.92. The van der Waals surface area contributed by atoms with E-state index in [1.165, 1.54) is 30.3 Å². The predicted octanol–water partition coefficient (Wildman–Crippen LogP) is 4.87. The zero-order chi connectivity index (χ0) is 23.3. The number of hydrogen-bond donors (Lipinski definition) is 2. The van der Waals surface area contributed by atoms with Crippen LogP contribution in [-0.2, 0) is 10.0 Å². The molecule has 0 radical (unpaired) electrons. The second-order valence-electron chi connectivity index (χ2n) is 7.54. The summed E-state index contributed by atoms with van der Waals surface area (Å²) in [4.78, 5) is 12.6. The minimum absolute atomic E-state index is 0.141. The summed E-state index contributed by atoms with van der Waals surface area (Å²) < 4.78 is 33.2. The van der Waals surface area contributed by atoms with Gasteiger partial charge in [0.05, 0.1) is 27.7 Å². The number of ether oxygens (including phenoxy) is 1. The summed E-state index contributed by atoms with van der Waals surface area (Å²) in [5, 5.41) is 2.89. The second kappa shape index (κ2) is 10.1. The van der Waals surface area contributed by atoms with E-state index in [1.54, 1.807) is 12.1 Å². The SMILES string of the molecule is Cc1ccc(S(=O)(=O)Nc2ccc(C(=O)NCCOc3cc(C)cc(C)c3)c(Cl)c2)cc1. The molecule has 2 N–H and O–H groups in total. The Kier molecular flexibility index (Phi) is 7.43. The number of benzene rings is 3. The van der Waals surface area contributed by atoms with Gasteiger partial charge in [-0.2, -0.15) is 0 Å². The van der Waals surface area contributed by atoms with Crippen LogP contribution in [0, 0.1) is 20.8 Å². The Bertz CT molecular complexity index is 1200. The van der Waals surface area contributed by atoms with Gasteiger partial charge in [-0.15, -0.1) is 0 Å². The van der Waals surface area contributed by atoms with Gasteiger partial charge < -0.3 is 10.1 Å². The minimum atomic E-state index is -3.76. The molecule has 0 aromatic heterocycles. The van der Waals surface area contributed by atoms with Crippen molar-refractivity contribution in [3.8, 4) is 5.75 Å². The number of sulfonamides is 1. The van der Waals surface area contributed by atoms with Gasteiger partial charge in [-0.3, -0.25) is 9.52 Å². The van der Waals surface area contributed by atoms with E-state index >= 15 is 0 Å². The molecule has 3 aromatic rings. The third kappa shape index (κ3) is 6.24. The molecule has 3 rings (SSSR count). The van der Waals surface area contributed by atoms with E-state index in [4.69, 9.17) is 16.3 Å². The van der Waals surface area contributed by atoms with E-state index in [0.717, 1.165) is 22.4 Å². The number of carbonyl (C=O) groups is 1. The normalized spacial score (nSPS) is 11.1.